The summed E-state index contributed by atoms with van der Waals surface area (Å²) < 4.78 is 5.06. The van der Waals surface area contributed by atoms with Crippen molar-refractivity contribution in [2.45, 2.75) is 13.0 Å². The van der Waals surface area contributed by atoms with Gasteiger partial charge in [-0.25, -0.2) is 15.8 Å². The lowest BCUT2D eigenvalue weighted by atomic mass is 10.2. The van der Waals surface area contributed by atoms with Gasteiger partial charge in [-0.15, -0.1) is 0 Å². The van der Waals surface area contributed by atoms with Crippen molar-refractivity contribution in [2.75, 3.05) is 12.5 Å². The molecule has 0 unspecified atom stereocenters. The molecular formula is C12H15N5O. The number of anilines is 1. The Morgan fingerprint density at radius 2 is 2.06 bits per heavy atom. The van der Waals surface area contributed by atoms with Gasteiger partial charge in [0.25, 0.3) is 0 Å². The molecule has 2 aromatic heterocycles. The average molecular weight is 245 g/mol. The van der Waals surface area contributed by atoms with E-state index in [4.69, 9.17) is 10.6 Å². The van der Waals surface area contributed by atoms with Gasteiger partial charge in [0, 0.05) is 32.0 Å². The number of hydrogen-bond donors (Lipinski definition) is 2. The number of rotatable bonds is 5. The molecule has 0 aliphatic heterocycles. The van der Waals surface area contributed by atoms with Crippen LogP contribution in [0.15, 0.2) is 30.6 Å². The Labute approximate surface area is 105 Å². The van der Waals surface area contributed by atoms with E-state index in [1.807, 2.05) is 12.1 Å². The van der Waals surface area contributed by atoms with Gasteiger partial charge in [-0.1, -0.05) is 0 Å². The molecule has 94 valence electrons. The minimum atomic E-state index is 0.431. The highest BCUT2D eigenvalue weighted by molar-refractivity contribution is 5.35. The quantitative estimate of drug-likeness (QED) is 0.601. The summed E-state index contributed by atoms with van der Waals surface area (Å²) in [5, 5.41) is 0. The lowest BCUT2D eigenvalue weighted by molar-refractivity contribution is 0.181. The zero-order valence-electron chi connectivity index (χ0n) is 10.1. The number of methoxy groups -OCH3 is 1. The highest BCUT2D eigenvalue weighted by atomic mass is 16.5. The number of nitrogens with one attached hydrogen (secondary N) is 1. The molecule has 0 saturated carbocycles. The van der Waals surface area contributed by atoms with E-state index < -0.39 is 0 Å². The van der Waals surface area contributed by atoms with E-state index in [1.54, 1.807) is 25.6 Å². The highest BCUT2D eigenvalue weighted by Crippen LogP contribution is 2.10. The van der Waals surface area contributed by atoms with E-state index in [-0.39, 0.29) is 0 Å². The molecule has 18 heavy (non-hydrogen) atoms. The summed E-state index contributed by atoms with van der Waals surface area (Å²) in [6.45, 7) is 0.431. The Morgan fingerprint density at radius 1 is 1.28 bits per heavy atom. The van der Waals surface area contributed by atoms with Gasteiger partial charge >= 0.3 is 0 Å². The number of aromatic nitrogens is 3. The fourth-order valence-electron chi connectivity index (χ4n) is 1.61. The number of pyridine rings is 1. The van der Waals surface area contributed by atoms with Gasteiger partial charge in [0.05, 0.1) is 12.3 Å². The second-order valence-corrected chi connectivity index (χ2v) is 3.77. The first-order chi connectivity index (χ1) is 8.81. The molecule has 0 radical (unpaired) electrons. The van der Waals surface area contributed by atoms with Crippen molar-refractivity contribution in [1.29, 1.82) is 0 Å². The smallest absolute Gasteiger partial charge is 0.144 e. The van der Waals surface area contributed by atoms with Crippen LogP contribution in [-0.4, -0.2) is 22.1 Å². The number of nitrogens with zero attached hydrogens (tertiary/aromatic N) is 3. The van der Waals surface area contributed by atoms with Crippen molar-refractivity contribution >= 4 is 5.82 Å². The summed E-state index contributed by atoms with van der Waals surface area (Å²) in [7, 11) is 1.63. The fraction of sp³-hybridized carbons (Fsp3) is 0.250. The van der Waals surface area contributed by atoms with Crippen molar-refractivity contribution in [1.82, 2.24) is 15.0 Å². The van der Waals surface area contributed by atoms with Gasteiger partial charge in [-0.3, -0.25) is 4.98 Å². The highest BCUT2D eigenvalue weighted by Gasteiger charge is 2.05. The van der Waals surface area contributed by atoms with Gasteiger partial charge < -0.3 is 10.2 Å². The Balaban J connectivity index is 2.24. The Kier molecular flexibility index (Phi) is 4.16. The van der Waals surface area contributed by atoms with Crippen molar-refractivity contribution in [3.05, 3.63) is 47.7 Å². The molecule has 0 atom stereocenters. The molecule has 6 heteroatoms. The first-order valence-electron chi connectivity index (χ1n) is 5.53. The number of hydrogen-bond acceptors (Lipinski definition) is 6. The molecule has 0 aliphatic carbocycles. The van der Waals surface area contributed by atoms with Crippen LogP contribution in [-0.2, 0) is 17.8 Å². The second kappa shape index (κ2) is 6.04. The number of hydrazine groups is 1. The van der Waals surface area contributed by atoms with Crippen LogP contribution in [0.1, 0.15) is 17.1 Å². The predicted molar refractivity (Wildman–Crippen MR) is 67.6 cm³/mol. The summed E-state index contributed by atoms with van der Waals surface area (Å²) in [5.41, 5.74) is 4.43. The van der Waals surface area contributed by atoms with Crippen LogP contribution in [0.5, 0.6) is 0 Å². The Bertz CT molecular complexity index is 503. The minimum absolute atomic E-state index is 0.431. The molecule has 6 nitrogen and oxygen atoms in total. The monoisotopic (exact) mass is 245 g/mol. The van der Waals surface area contributed by atoms with Gasteiger partial charge in [0.2, 0.25) is 0 Å². The summed E-state index contributed by atoms with van der Waals surface area (Å²) >= 11 is 0. The molecule has 2 aromatic rings. The van der Waals surface area contributed by atoms with Gasteiger partial charge in [0.1, 0.15) is 11.6 Å². The molecule has 0 bridgehead atoms. The molecule has 0 aromatic carbocycles. The van der Waals surface area contributed by atoms with Crippen molar-refractivity contribution in [3.63, 3.8) is 0 Å². The Hall–Kier alpha value is -2.05. The van der Waals surface area contributed by atoms with E-state index in [9.17, 15) is 0 Å². The van der Waals surface area contributed by atoms with E-state index >= 15 is 0 Å². The van der Waals surface area contributed by atoms with Gasteiger partial charge in [-0.2, -0.15) is 0 Å². The van der Waals surface area contributed by atoms with E-state index in [1.165, 1.54) is 0 Å². The fourth-order valence-corrected chi connectivity index (χ4v) is 1.61. The molecule has 0 amide bonds. The third-order valence-corrected chi connectivity index (χ3v) is 2.38. The van der Waals surface area contributed by atoms with Crippen LogP contribution < -0.4 is 11.3 Å². The lowest BCUT2D eigenvalue weighted by Gasteiger charge is -2.07. The zero-order chi connectivity index (χ0) is 12.8. The molecule has 2 heterocycles. The maximum Gasteiger partial charge on any atom is 0.144 e. The number of nitrogens with two attached hydrogens (primary N) is 1. The number of nitrogen functional groups attached to an aromatic ring is 1. The van der Waals surface area contributed by atoms with E-state index in [0.29, 0.717) is 24.7 Å². The van der Waals surface area contributed by atoms with Crippen LogP contribution in [0.4, 0.5) is 5.82 Å². The molecular weight excluding hydrogens is 230 g/mol. The number of ether oxygens (including phenoxy) is 1. The van der Waals surface area contributed by atoms with Crippen molar-refractivity contribution in [2.24, 2.45) is 5.84 Å². The summed E-state index contributed by atoms with van der Waals surface area (Å²) in [4.78, 5) is 12.7. The molecule has 3 N–H and O–H groups in total. The summed E-state index contributed by atoms with van der Waals surface area (Å²) in [6.07, 6.45) is 4.13. The van der Waals surface area contributed by atoms with Crippen molar-refractivity contribution in [3.8, 4) is 0 Å². The zero-order valence-corrected chi connectivity index (χ0v) is 10.1. The second-order valence-electron chi connectivity index (χ2n) is 3.77. The van der Waals surface area contributed by atoms with E-state index in [2.05, 4.69) is 20.4 Å². The normalized spacial score (nSPS) is 10.3. The minimum Gasteiger partial charge on any atom is -0.378 e. The first-order valence-corrected chi connectivity index (χ1v) is 5.53. The van der Waals surface area contributed by atoms with Crippen molar-refractivity contribution < 1.29 is 4.74 Å². The van der Waals surface area contributed by atoms with Gasteiger partial charge in [0.15, 0.2) is 0 Å². The third kappa shape index (κ3) is 3.22. The topological polar surface area (TPSA) is 86.0 Å². The van der Waals surface area contributed by atoms with Crippen LogP contribution in [0, 0.1) is 0 Å². The lowest BCUT2D eigenvalue weighted by Crippen LogP contribution is -2.12. The van der Waals surface area contributed by atoms with Gasteiger partial charge in [-0.05, 0) is 17.7 Å². The molecule has 0 aliphatic rings. The molecule has 0 saturated heterocycles. The van der Waals surface area contributed by atoms with Crippen LogP contribution >= 0.6 is 0 Å². The molecule has 0 spiro atoms. The summed E-state index contributed by atoms with van der Waals surface area (Å²) in [6, 6.07) is 5.63. The van der Waals surface area contributed by atoms with Crippen LogP contribution in [0.3, 0.4) is 0 Å². The maximum absolute atomic E-state index is 5.39. The first kappa shape index (κ1) is 12.4. The molecule has 2 rings (SSSR count). The predicted octanol–water partition coefficient (Wildman–Crippen LogP) is 0.894. The SMILES string of the molecule is COCc1cc(NN)nc(Cc2ccncc2)n1. The molecule has 0 fully saturated rings. The maximum atomic E-state index is 5.39. The standard InChI is InChI=1S/C12H15N5O/c1-18-8-10-7-12(17-13)16-11(15-10)6-9-2-4-14-5-3-9/h2-5,7H,6,8,13H2,1H3,(H,15,16,17). The largest absolute Gasteiger partial charge is 0.378 e. The van der Waals surface area contributed by atoms with Crippen LogP contribution in [0.25, 0.3) is 0 Å². The van der Waals surface area contributed by atoms with Crippen LogP contribution in [0.2, 0.25) is 0 Å². The average Bonchev–Trinajstić information content (AvgIpc) is 2.40. The summed E-state index contributed by atoms with van der Waals surface area (Å²) in [5.74, 6) is 6.67. The van der Waals surface area contributed by atoms with E-state index in [0.717, 1.165) is 11.3 Å². The third-order valence-electron chi connectivity index (χ3n) is 2.38. The Morgan fingerprint density at radius 3 is 2.72 bits per heavy atom.